The van der Waals surface area contributed by atoms with Crippen LogP contribution in [-0.2, 0) is 28.5 Å². The third-order valence-electron chi connectivity index (χ3n) is 7.19. The highest BCUT2D eigenvalue weighted by molar-refractivity contribution is 7.99. The van der Waals surface area contributed by atoms with Crippen molar-refractivity contribution in [2.45, 2.75) is 60.4 Å². The first-order valence-electron chi connectivity index (χ1n) is 12.8. The molecule has 10 heteroatoms. The van der Waals surface area contributed by atoms with Crippen molar-refractivity contribution in [3.63, 3.8) is 0 Å². The van der Waals surface area contributed by atoms with Crippen molar-refractivity contribution in [1.29, 1.82) is 0 Å². The van der Waals surface area contributed by atoms with Gasteiger partial charge in [0, 0.05) is 20.9 Å². The topological polar surface area (TPSA) is 84.9 Å². The predicted octanol–water partition coefficient (Wildman–Crippen LogP) is 6.71. The number of benzene rings is 3. The lowest BCUT2D eigenvalue weighted by Gasteiger charge is -2.43. The van der Waals surface area contributed by atoms with Gasteiger partial charge in [-0.3, -0.25) is 4.79 Å². The molecule has 40 heavy (non-hydrogen) atoms. The highest BCUT2D eigenvalue weighted by Crippen LogP contribution is 2.41. The lowest BCUT2D eigenvalue weighted by Crippen LogP contribution is -2.61. The fourth-order valence-corrected chi connectivity index (χ4v) is 5.97. The van der Waals surface area contributed by atoms with Gasteiger partial charge in [-0.05, 0) is 86.2 Å². The Bertz CT molecular complexity index is 1440. The summed E-state index contributed by atoms with van der Waals surface area (Å²) in [6.07, 6.45) is -3.84. The van der Waals surface area contributed by atoms with Gasteiger partial charge in [0.15, 0.2) is 11.6 Å². The van der Waals surface area contributed by atoms with Gasteiger partial charge in [0.1, 0.15) is 0 Å². The summed E-state index contributed by atoms with van der Waals surface area (Å²) in [6.45, 7) is 4.02. The Morgan fingerprint density at radius 1 is 0.925 bits per heavy atom. The van der Waals surface area contributed by atoms with E-state index in [1.165, 1.54) is 12.1 Å². The molecule has 2 N–H and O–H groups in total. The number of carbonyl (C=O) groups excluding carboxylic acids is 1. The molecule has 2 aliphatic rings. The summed E-state index contributed by atoms with van der Waals surface area (Å²) in [7, 11) is 0. The van der Waals surface area contributed by atoms with Gasteiger partial charge >= 0.3 is 12.3 Å². The van der Waals surface area contributed by atoms with E-state index in [9.17, 15) is 27.9 Å². The fourth-order valence-electron chi connectivity index (χ4n) is 4.85. The maximum Gasteiger partial charge on any atom is 0.416 e. The number of amides is 1. The maximum atomic E-state index is 13.0. The molecule has 2 aliphatic heterocycles. The van der Waals surface area contributed by atoms with Crippen molar-refractivity contribution in [1.82, 2.24) is 5.32 Å². The molecule has 0 aromatic heterocycles. The molecule has 0 saturated carbocycles. The summed E-state index contributed by atoms with van der Waals surface area (Å²) in [4.78, 5) is 26.5. The molecule has 3 aromatic rings. The zero-order chi connectivity index (χ0) is 28.7. The van der Waals surface area contributed by atoms with Gasteiger partial charge in [-0.1, -0.05) is 36.0 Å². The lowest BCUT2D eigenvalue weighted by atomic mass is 9.91. The molecule has 0 unspecified atom stereocenters. The average Bonchev–Trinajstić information content (AvgIpc) is 2.91. The van der Waals surface area contributed by atoms with Crippen molar-refractivity contribution < 1.29 is 37.3 Å². The summed E-state index contributed by atoms with van der Waals surface area (Å²) < 4.78 is 50.1. The largest absolute Gasteiger partial charge is 0.465 e. The number of fused-ring (bicyclic) bond motifs is 2. The quantitative estimate of drug-likeness (QED) is 0.250. The molecule has 3 aromatic carbocycles. The average molecular weight is 572 g/mol. The van der Waals surface area contributed by atoms with Crippen molar-refractivity contribution in [3.05, 3.63) is 94.0 Å². The summed E-state index contributed by atoms with van der Waals surface area (Å²) in [5.41, 5.74) is 2.13. The number of ether oxygens (including phenoxy) is 2. The Balaban J connectivity index is 1.28. The maximum absolute atomic E-state index is 13.0. The second-order valence-corrected chi connectivity index (χ2v) is 11.7. The molecule has 1 saturated heterocycles. The van der Waals surface area contributed by atoms with Crippen LogP contribution in [0.25, 0.3) is 0 Å². The first-order valence-corrected chi connectivity index (χ1v) is 13.6. The fraction of sp³-hybridized carbons (Fsp3) is 0.333. The van der Waals surface area contributed by atoms with E-state index in [2.05, 4.69) is 11.4 Å². The molecule has 1 fully saturated rings. The van der Waals surface area contributed by atoms with E-state index < -0.39 is 29.2 Å². The Hall–Kier alpha value is -3.34. The molecule has 6 nitrogen and oxygen atoms in total. The van der Waals surface area contributed by atoms with Gasteiger partial charge in [0.05, 0.1) is 24.3 Å². The zero-order valence-electron chi connectivity index (χ0n) is 21.9. The van der Waals surface area contributed by atoms with Crippen molar-refractivity contribution >= 4 is 23.6 Å². The van der Waals surface area contributed by atoms with E-state index in [0.717, 1.165) is 38.6 Å². The van der Waals surface area contributed by atoms with Crippen molar-refractivity contribution in [3.8, 4) is 0 Å². The lowest BCUT2D eigenvalue weighted by molar-refractivity contribution is -0.271. The number of rotatable bonds is 6. The number of hydrogen-bond acceptors (Lipinski definition) is 5. The van der Waals surface area contributed by atoms with Crippen LogP contribution in [0.2, 0.25) is 0 Å². The number of carbonyl (C=O) groups is 2. The molecular weight excluding hydrogens is 543 g/mol. The molecule has 5 rings (SSSR count). The minimum absolute atomic E-state index is 0.203. The van der Waals surface area contributed by atoms with Crippen LogP contribution in [-0.4, -0.2) is 41.5 Å². The predicted molar refractivity (Wildman–Crippen MR) is 143 cm³/mol. The van der Waals surface area contributed by atoms with Crippen LogP contribution in [0.3, 0.4) is 0 Å². The smallest absolute Gasteiger partial charge is 0.416 e. The van der Waals surface area contributed by atoms with Gasteiger partial charge in [-0.2, -0.15) is 13.2 Å². The van der Waals surface area contributed by atoms with Crippen LogP contribution in [0.4, 0.5) is 18.0 Å². The van der Waals surface area contributed by atoms with Crippen LogP contribution in [0.1, 0.15) is 58.4 Å². The van der Waals surface area contributed by atoms with Crippen molar-refractivity contribution in [2.75, 3.05) is 13.2 Å². The summed E-state index contributed by atoms with van der Waals surface area (Å²) in [5, 5.41) is 12.0. The van der Waals surface area contributed by atoms with E-state index in [1.54, 1.807) is 31.7 Å². The molecule has 0 atom stereocenters. The first-order chi connectivity index (χ1) is 18.8. The normalized spacial score (nSPS) is 17.4. The second-order valence-electron chi connectivity index (χ2n) is 10.6. The molecule has 0 spiro atoms. The van der Waals surface area contributed by atoms with E-state index in [0.29, 0.717) is 24.8 Å². The van der Waals surface area contributed by atoms with E-state index >= 15 is 0 Å². The minimum Gasteiger partial charge on any atom is -0.465 e. The van der Waals surface area contributed by atoms with Crippen molar-refractivity contribution in [2.24, 2.45) is 0 Å². The first kappa shape index (κ1) is 28.2. The van der Waals surface area contributed by atoms with Crippen LogP contribution in [0.15, 0.2) is 70.5 Å². The SMILES string of the molecule is CC1(C)OCC(CCc2ccc3c(c2)Sc2ccc(C(=O)c4ccc(C(F)(F)F)cc4)cc2C3)(NC(=O)O)CO1. The van der Waals surface area contributed by atoms with Gasteiger partial charge in [0.25, 0.3) is 0 Å². The second kappa shape index (κ2) is 10.6. The number of hydrogen-bond donors (Lipinski definition) is 2. The van der Waals surface area contributed by atoms with Gasteiger partial charge in [-0.15, -0.1) is 0 Å². The minimum atomic E-state index is -4.45. The Labute approximate surface area is 233 Å². The Kier molecular flexibility index (Phi) is 7.45. The highest BCUT2D eigenvalue weighted by Gasteiger charge is 2.41. The summed E-state index contributed by atoms with van der Waals surface area (Å²) in [6, 6.07) is 15.8. The molecule has 0 aliphatic carbocycles. The number of nitrogens with one attached hydrogen (secondary N) is 1. The number of halogens is 3. The van der Waals surface area contributed by atoms with Crippen LogP contribution in [0, 0.1) is 0 Å². The Morgan fingerprint density at radius 3 is 2.25 bits per heavy atom. The molecular formula is C30H28F3NO5S. The van der Waals surface area contributed by atoms with Crippen LogP contribution in [0.5, 0.6) is 0 Å². The standard InChI is InChI=1S/C30H28F3NO5S/c1-28(2)38-16-29(17-39-28,34-27(36)37)12-11-18-3-4-20-14-22-15-21(7-10-24(22)40-25(20)13-18)26(35)19-5-8-23(9-6-19)30(31,32)33/h3-10,13,15,34H,11-12,14,16-17H2,1-2H3,(H,36,37). The highest BCUT2D eigenvalue weighted by atomic mass is 32.2. The number of ketones is 1. The molecule has 0 radical (unpaired) electrons. The summed E-state index contributed by atoms with van der Waals surface area (Å²) in [5.74, 6) is -1.09. The van der Waals surface area contributed by atoms with E-state index in [4.69, 9.17) is 9.47 Å². The molecule has 2 heterocycles. The zero-order valence-corrected chi connectivity index (χ0v) is 22.7. The number of aryl methyl sites for hydroxylation is 1. The molecule has 1 amide bonds. The number of alkyl halides is 3. The van der Waals surface area contributed by atoms with Gasteiger partial charge in [0.2, 0.25) is 0 Å². The van der Waals surface area contributed by atoms with Crippen LogP contribution < -0.4 is 5.32 Å². The Morgan fingerprint density at radius 2 is 1.60 bits per heavy atom. The molecule has 0 bridgehead atoms. The van der Waals surface area contributed by atoms with E-state index in [1.807, 2.05) is 24.3 Å². The van der Waals surface area contributed by atoms with Crippen LogP contribution >= 0.6 is 11.8 Å². The molecule has 210 valence electrons. The third kappa shape index (κ3) is 6.19. The van der Waals surface area contributed by atoms with E-state index in [-0.39, 0.29) is 24.6 Å². The summed E-state index contributed by atoms with van der Waals surface area (Å²) >= 11 is 1.59. The van der Waals surface area contributed by atoms with Gasteiger partial charge in [-0.25, -0.2) is 4.79 Å². The third-order valence-corrected chi connectivity index (χ3v) is 8.40. The number of carboxylic acid groups (broad SMARTS) is 1. The van der Waals surface area contributed by atoms with Gasteiger partial charge < -0.3 is 19.9 Å². The monoisotopic (exact) mass is 571 g/mol.